The Bertz CT molecular complexity index is 1250. The predicted molar refractivity (Wildman–Crippen MR) is 133 cm³/mol. The topological polar surface area (TPSA) is 88.2 Å². The number of hydrogen-bond donors (Lipinski definition) is 1. The number of nitrogens with one attached hydrogen (secondary N) is 1. The van der Waals surface area contributed by atoms with E-state index in [9.17, 15) is 14.4 Å². The van der Waals surface area contributed by atoms with E-state index in [0.717, 1.165) is 10.5 Å². The normalized spacial score (nSPS) is 15.3. The van der Waals surface area contributed by atoms with Gasteiger partial charge in [-0.1, -0.05) is 29.8 Å². The number of methoxy groups -OCH3 is 2. The number of carbonyl (C=O) groups excluding carboxylic acids is 3. The number of anilines is 2. The van der Waals surface area contributed by atoms with E-state index in [-0.39, 0.29) is 13.0 Å². The first-order chi connectivity index (χ1) is 16.9. The SMILES string of the molecule is COc1cccc(CN2C(=O)N(c3cccc(OC)c3)C(=O)[C@@H]2CC(=O)Nc2ccc(Cl)cc2)c1. The molecule has 0 aromatic heterocycles. The average molecular weight is 494 g/mol. The summed E-state index contributed by atoms with van der Waals surface area (Å²) in [4.78, 5) is 42.3. The van der Waals surface area contributed by atoms with Gasteiger partial charge in [0.2, 0.25) is 5.91 Å². The zero-order chi connectivity index (χ0) is 24.9. The summed E-state index contributed by atoms with van der Waals surface area (Å²) in [6.45, 7) is 0.126. The molecule has 0 aliphatic carbocycles. The van der Waals surface area contributed by atoms with E-state index in [1.165, 1.54) is 12.0 Å². The number of rotatable bonds is 8. The Morgan fingerprint density at radius 2 is 1.60 bits per heavy atom. The number of amides is 4. The molecule has 9 heteroatoms. The zero-order valence-corrected chi connectivity index (χ0v) is 20.0. The van der Waals surface area contributed by atoms with Crippen molar-refractivity contribution in [2.24, 2.45) is 0 Å². The molecule has 4 amide bonds. The Labute approximate surface area is 208 Å². The molecule has 1 fully saturated rings. The number of ether oxygens (including phenoxy) is 2. The van der Waals surface area contributed by atoms with Crippen molar-refractivity contribution in [1.29, 1.82) is 0 Å². The van der Waals surface area contributed by atoms with E-state index in [1.807, 2.05) is 6.07 Å². The van der Waals surface area contributed by atoms with Crippen LogP contribution < -0.4 is 19.7 Å². The van der Waals surface area contributed by atoms with Gasteiger partial charge in [-0.25, -0.2) is 9.69 Å². The molecule has 3 aromatic carbocycles. The highest BCUT2D eigenvalue weighted by molar-refractivity contribution is 6.30. The third-order valence-electron chi connectivity index (χ3n) is 5.62. The van der Waals surface area contributed by atoms with Gasteiger partial charge in [0.15, 0.2) is 0 Å². The summed E-state index contributed by atoms with van der Waals surface area (Å²) in [6.07, 6.45) is -0.211. The van der Waals surface area contributed by atoms with Crippen LogP contribution in [0, 0.1) is 0 Å². The smallest absolute Gasteiger partial charge is 0.332 e. The Morgan fingerprint density at radius 1 is 0.943 bits per heavy atom. The van der Waals surface area contributed by atoms with Crippen molar-refractivity contribution in [3.63, 3.8) is 0 Å². The third-order valence-corrected chi connectivity index (χ3v) is 5.88. The van der Waals surface area contributed by atoms with Crippen molar-refractivity contribution in [3.05, 3.63) is 83.4 Å². The molecule has 0 bridgehead atoms. The number of carbonyl (C=O) groups is 3. The Balaban J connectivity index is 1.62. The molecule has 1 saturated heterocycles. The summed E-state index contributed by atoms with van der Waals surface area (Å²) in [5, 5.41) is 3.30. The maximum atomic E-state index is 13.5. The first-order valence-corrected chi connectivity index (χ1v) is 11.2. The van der Waals surface area contributed by atoms with Gasteiger partial charge in [-0.15, -0.1) is 0 Å². The molecule has 1 aliphatic heterocycles. The van der Waals surface area contributed by atoms with Crippen molar-refractivity contribution in [1.82, 2.24) is 4.90 Å². The lowest BCUT2D eigenvalue weighted by molar-refractivity contribution is -0.124. The van der Waals surface area contributed by atoms with Crippen LogP contribution in [0.3, 0.4) is 0 Å². The summed E-state index contributed by atoms with van der Waals surface area (Å²) in [7, 11) is 3.06. The summed E-state index contributed by atoms with van der Waals surface area (Å²) in [6, 6.07) is 19.0. The van der Waals surface area contributed by atoms with E-state index in [1.54, 1.807) is 73.8 Å². The highest BCUT2D eigenvalue weighted by Crippen LogP contribution is 2.31. The molecule has 180 valence electrons. The molecule has 0 radical (unpaired) electrons. The molecule has 1 heterocycles. The van der Waals surface area contributed by atoms with E-state index < -0.39 is 23.9 Å². The second kappa shape index (κ2) is 10.5. The van der Waals surface area contributed by atoms with Crippen LogP contribution in [0.1, 0.15) is 12.0 Å². The maximum absolute atomic E-state index is 13.5. The van der Waals surface area contributed by atoms with Crippen molar-refractivity contribution in [2.75, 3.05) is 24.4 Å². The molecular formula is C26H24ClN3O5. The minimum atomic E-state index is -0.993. The highest BCUT2D eigenvalue weighted by Gasteiger charge is 2.46. The van der Waals surface area contributed by atoms with Crippen LogP contribution in [0.4, 0.5) is 16.2 Å². The fourth-order valence-electron chi connectivity index (χ4n) is 3.89. The molecule has 35 heavy (non-hydrogen) atoms. The van der Waals surface area contributed by atoms with Gasteiger partial charge in [-0.2, -0.15) is 0 Å². The maximum Gasteiger partial charge on any atom is 0.332 e. The highest BCUT2D eigenvalue weighted by atomic mass is 35.5. The van der Waals surface area contributed by atoms with E-state index >= 15 is 0 Å². The lowest BCUT2D eigenvalue weighted by Gasteiger charge is -2.22. The van der Waals surface area contributed by atoms with Crippen LogP contribution in [0.5, 0.6) is 11.5 Å². The van der Waals surface area contributed by atoms with Gasteiger partial charge in [0.25, 0.3) is 5.91 Å². The van der Waals surface area contributed by atoms with Crippen molar-refractivity contribution in [3.8, 4) is 11.5 Å². The van der Waals surface area contributed by atoms with Crippen LogP contribution in [0.2, 0.25) is 5.02 Å². The minimum absolute atomic E-state index is 0.126. The van der Waals surface area contributed by atoms with E-state index in [2.05, 4.69) is 5.32 Å². The second-order valence-corrected chi connectivity index (χ2v) is 8.35. The van der Waals surface area contributed by atoms with Crippen LogP contribution in [0.25, 0.3) is 0 Å². The van der Waals surface area contributed by atoms with Crippen molar-refractivity contribution in [2.45, 2.75) is 19.0 Å². The number of urea groups is 1. The summed E-state index contributed by atoms with van der Waals surface area (Å²) in [5.74, 6) is 0.243. The Morgan fingerprint density at radius 3 is 2.29 bits per heavy atom. The predicted octanol–water partition coefficient (Wildman–Crippen LogP) is 4.72. The Hall–Kier alpha value is -4.04. The monoisotopic (exact) mass is 493 g/mol. The quantitative estimate of drug-likeness (QED) is 0.458. The summed E-state index contributed by atoms with van der Waals surface area (Å²) < 4.78 is 10.5. The Kier molecular flexibility index (Phi) is 7.22. The number of benzene rings is 3. The van der Waals surface area contributed by atoms with Crippen molar-refractivity contribution >= 4 is 40.8 Å². The largest absolute Gasteiger partial charge is 0.497 e. The van der Waals surface area contributed by atoms with Crippen LogP contribution in [-0.2, 0) is 16.1 Å². The molecule has 4 rings (SSSR count). The molecule has 8 nitrogen and oxygen atoms in total. The first-order valence-electron chi connectivity index (χ1n) is 10.9. The molecule has 1 N–H and O–H groups in total. The minimum Gasteiger partial charge on any atom is -0.497 e. The molecule has 1 atom stereocenters. The first kappa shape index (κ1) is 24.1. The van der Waals surface area contributed by atoms with Gasteiger partial charge in [0.1, 0.15) is 17.5 Å². The van der Waals surface area contributed by atoms with Crippen molar-refractivity contribution < 1.29 is 23.9 Å². The van der Waals surface area contributed by atoms with Gasteiger partial charge >= 0.3 is 6.03 Å². The number of halogens is 1. The molecule has 3 aromatic rings. The summed E-state index contributed by atoms with van der Waals surface area (Å²) in [5.41, 5.74) is 1.68. The number of hydrogen-bond acceptors (Lipinski definition) is 5. The standard InChI is InChI=1S/C26H24ClN3O5/c1-34-21-7-3-5-17(13-21)16-29-23(15-24(31)28-19-11-9-18(27)10-12-19)25(32)30(26(29)33)20-6-4-8-22(14-20)35-2/h3-14,23H,15-16H2,1-2H3,(H,28,31)/t23-/m0/s1. The summed E-state index contributed by atoms with van der Waals surface area (Å²) >= 11 is 5.91. The van der Waals surface area contributed by atoms with Crippen LogP contribution in [-0.4, -0.2) is 43.0 Å². The number of nitrogens with zero attached hydrogens (tertiary/aromatic N) is 2. The fourth-order valence-corrected chi connectivity index (χ4v) is 4.02. The molecule has 1 aliphatic rings. The van der Waals surface area contributed by atoms with Crippen LogP contribution in [0.15, 0.2) is 72.8 Å². The third kappa shape index (κ3) is 5.38. The lowest BCUT2D eigenvalue weighted by Crippen LogP contribution is -2.37. The van der Waals surface area contributed by atoms with Gasteiger partial charge in [0, 0.05) is 23.3 Å². The average Bonchev–Trinajstić information content (AvgIpc) is 3.09. The van der Waals surface area contributed by atoms with Gasteiger partial charge in [-0.3, -0.25) is 9.59 Å². The number of imide groups is 1. The molecule has 0 unspecified atom stereocenters. The van der Waals surface area contributed by atoms with E-state index in [0.29, 0.717) is 27.9 Å². The van der Waals surface area contributed by atoms with Gasteiger partial charge in [0.05, 0.1) is 26.3 Å². The van der Waals surface area contributed by atoms with Crippen LogP contribution >= 0.6 is 11.6 Å². The lowest BCUT2D eigenvalue weighted by atomic mass is 10.1. The van der Waals surface area contributed by atoms with Gasteiger partial charge in [-0.05, 0) is 54.1 Å². The second-order valence-electron chi connectivity index (χ2n) is 7.91. The van der Waals surface area contributed by atoms with Gasteiger partial charge < -0.3 is 19.7 Å². The fraction of sp³-hybridized carbons (Fsp3) is 0.192. The zero-order valence-electron chi connectivity index (χ0n) is 19.2. The molecule has 0 saturated carbocycles. The molecular weight excluding hydrogens is 470 g/mol. The van der Waals surface area contributed by atoms with E-state index in [4.69, 9.17) is 21.1 Å². The molecule has 0 spiro atoms.